The third-order valence-corrected chi connectivity index (χ3v) is 6.07. The Labute approximate surface area is 179 Å². The second-order valence-electron chi connectivity index (χ2n) is 7.91. The summed E-state index contributed by atoms with van der Waals surface area (Å²) >= 11 is 0. The number of nitrogens with one attached hydrogen (secondary N) is 1. The zero-order valence-corrected chi connectivity index (χ0v) is 16.7. The van der Waals surface area contributed by atoms with Crippen molar-refractivity contribution in [1.82, 2.24) is 5.32 Å². The van der Waals surface area contributed by atoms with Crippen molar-refractivity contribution >= 4 is 12.1 Å². The van der Waals surface area contributed by atoms with E-state index in [0.717, 1.165) is 16.7 Å². The number of amides is 1. The van der Waals surface area contributed by atoms with Gasteiger partial charge >= 0.3 is 12.1 Å². The summed E-state index contributed by atoms with van der Waals surface area (Å²) in [7, 11) is 0. The normalized spacial score (nSPS) is 16.0. The average Bonchev–Trinajstić information content (AvgIpc) is 3.09. The maximum atomic E-state index is 12.7. The first kappa shape index (κ1) is 19.3. The molecule has 1 heterocycles. The maximum Gasteiger partial charge on any atom is 0.408 e. The molecule has 1 aliphatic carbocycles. The van der Waals surface area contributed by atoms with Crippen molar-refractivity contribution in [3.05, 3.63) is 95.1 Å². The fourth-order valence-electron chi connectivity index (χ4n) is 4.38. The Hall–Kier alpha value is -3.64. The number of hydrogen-bond acceptors (Lipinski definition) is 4. The van der Waals surface area contributed by atoms with Gasteiger partial charge in [0.15, 0.2) is 0 Å². The van der Waals surface area contributed by atoms with Crippen LogP contribution in [0.5, 0.6) is 0 Å². The molecule has 1 fully saturated rings. The number of benzene rings is 3. The van der Waals surface area contributed by atoms with E-state index in [0.29, 0.717) is 13.2 Å². The van der Waals surface area contributed by atoms with E-state index in [1.807, 2.05) is 24.3 Å². The molecule has 2 N–H and O–H groups in total. The van der Waals surface area contributed by atoms with Gasteiger partial charge in [-0.3, -0.25) is 0 Å². The number of carbonyl (C=O) groups is 2. The van der Waals surface area contributed by atoms with Crippen molar-refractivity contribution in [2.75, 3.05) is 19.8 Å². The molecule has 6 nitrogen and oxygen atoms in total. The van der Waals surface area contributed by atoms with Gasteiger partial charge in [-0.1, -0.05) is 60.7 Å². The van der Waals surface area contributed by atoms with Gasteiger partial charge in [-0.15, -0.1) is 0 Å². The molecule has 0 unspecified atom stereocenters. The summed E-state index contributed by atoms with van der Waals surface area (Å²) in [4.78, 5) is 23.8. The smallest absolute Gasteiger partial charge is 0.408 e. The summed E-state index contributed by atoms with van der Waals surface area (Å²) in [6.07, 6.45) is -0.521. The highest BCUT2D eigenvalue weighted by molar-refractivity contribution is 5.87. The van der Waals surface area contributed by atoms with E-state index in [-0.39, 0.29) is 18.1 Å². The molecule has 1 aliphatic heterocycles. The van der Waals surface area contributed by atoms with Gasteiger partial charge in [-0.25, -0.2) is 9.59 Å². The molecule has 0 aromatic heterocycles. The SMILES string of the molecule is O=C(NC1(c2ccc(C(=O)O)cc2)COC1)OCC1c2ccccc2-c2ccccc21. The number of rotatable bonds is 5. The van der Waals surface area contributed by atoms with Gasteiger partial charge in [-0.2, -0.15) is 0 Å². The van der Waals surface area contributed by atoms with Crippen LogP contribution in [-0.2, 0) is 15.0 Å². The minimum Gasteiger partial charge on any atom is -0.478 e. The van der Waals surface area contributed by atoms with Crippen molar-refractivity contribution in [3.63, 3.8) is 0 Å². The van der Waals surface area contributed by atoms with Gasteiger partial charge in [0.25, 0.3) is 0 Å². The lowest BCUT2D eigenvalue weighted by molar-refractivity contribution is -0.0760. The molecular weight excluding hydrogens is 394 g/mol. The van der Waals surface area contributed by atoms with Crippen LogP contribution in [0.15, 0.2) is 72.8 Å². The van der Waals surface area contributed by atoms with Crippen molar-refractivity contribution in [3.8, 4) is 11.1 Å². The molecule has 31 heavy (non-hydrogen) atoms. The predicted octanol–water partition coefficient (Wildman–Crippen LogP) is 4.15. The zero-order valence-electron chi connectivity index (χ0n) is 16.7. The lowest BCUT2D eigenvalue weighted by Gasteiger charge is -2.42. The van der Waals surface area contributed by atoms with Crippen LogP contribution >= 0.6 is 0 Å². The van der Waals surface area contributed by atoms with Crippen LogP contribution in [0, 0.1) is 0 Å². The topological polar surface area (TPSA) is 84.9 Å². The van der Waals surface area contributed by atoms with E-state index in [2.05, 4.69) is 29.6 Å². The highest BCUT2D eigenvalue weighted by Crippen LogP contribution is 2.44. The van der Waals surface area contributed by atoms with Crippen molar-refractivity contribution in [1.29, 1.82) is 0 Å². The Balaban J connectivity index is 1.30. The summed E-state index contributed by atoms with van der Waals surface area (Å²) in [5.41, 5.74) is 4.94. The molecule has 1 amide bonds. The molecule has 0 saturated carbocycles. The Morgan fingerprint density at radius 1 is 0.935 bits per heavy atom. The lowest BCUT2D eigenvalue weighted by atomic mass is 9.87. The summed E-state index contributed by atoms with van der Waals surface area (Å²) in [6, 6.07) is 22.8. The van der Waals surface area contributed by atoms with Crippen molar-refractivity contribution in [2.24, 2.45) is 0 Å². The fourth-order valence-corrected chi connectivity index (χ4v) is 4.38. The molecule has 5 rings (SSSR count). The van der Waals surface area contributed by atoms with Crippen LogP contribution in [0.1, 0.15) is 33.0 Å². The average molecular weight is 415 g/mol. The second kappa shape index (κ2) is 7.56. The number of carboxylic acids is 1. The van der Waals surface area contributed by atoms with Gasteiger partial charge in [-0.05, 0) is 39.9 Å². The minimum atomic E-state index is -0.991. The second-order valence-corrected chi connectivity index (χ2v) is 7.91. The number of carboxylic acid groups (broad SMARTS) is 1. The molecule has 0 bridgehead atoms. The Kier molecular flexibility index (Phi) is 4.71. The minimum absolute atomic E-state index is 0.0124. The fraction of sp³-hybridized carbons (Fsp3) is 0.200. The van der Waals surface area contributed by atoms with Crippen LogP contribution in [0.3, 0.4) is 0 Å². The number of fused-ring (bicyclic) bond motifs is 3. The number of ether oxygens (including phenoxy) is 2. The van der Waals surface area contributed by atoms with E-state index in [9.17, 15) is 9.59 Å². The van der Waals surface area contributed by atoms with Gasteiger partial charge in [0.2, 0.25) is 0 Å². The van der Waals surface area contributed by atoms with E-state index < -0.39 is 17.6 Å². The molecule has 3 aromatic carbocycles. The molecular formula is C25H21NO5. The summed E-state index contributed by atoms with van der Waals surface area (Å²) in [5.74, 6) is -1.00. The van der Waals surface area contributed by atoms with E-state index >= 15 is 0 Å². The Bertz CT molecular complexity index is 1110. The molecule has 3 aromatic rings. The zero-order chi connectivity index (χ0) is 21.4. The van der Waals surface area contributed by atoms with Crippen LogP contribution in [0.4, 0.5) is 4.79 Å². The number of carbonyl (C=O) groups excluding carboxylic acids is 1. The first-order valence-corrected chi connectivity index (χ1v) is 10.1. The van der Waals surface area contributed by atoms with Gasteiger partial charge in [0, 0.05) is 5.92 Å². The van der Waals surface area contributed by atoms with E-state index in [1.54, 1.807) is 12.1 Å². The molecule has 0 atom stereocenters. The van der Waals surface area contributed by atoms with E-state index in [1.165, 1.54) is 23.3 Å². The molecule has 6 heteroatoms. The largest absolute Gasteiger partial charge is 0.478 e. The molecule has 0 radical (unpaired) electrons. The lowest BCUT2D eigenvalue weighted by Crippen LogP contribution is -2.59. The van der Waals surface area contributed by atoms with Crippen LogP contribution < -0.4 is 5.32 Å². The first-order valence-electron chi connectivity index (χ1n) is 10.1. The highest BCUT2D eigenvalue weighted by Gasteiger charge is 2.42. The molecule has 1 saturated heterocycles. The van der Waals surface area contributed by atoms with Crippen LogP contribution in [0.25, 0.3) is 11.1 Å². The molecule has 2 aliphatic rings. The van der Waals surface area contributed by atoms with Crippen LogP contribution in [0.2, 0.25) is 0 Å². The summed E-state index contributed by atoms with van der Waals surface area (Å²) < 4.78 is 11.0. The number of hydrogen-bond donors (Lipinski definition) is 2. The molecule has 156 valence electrons. The van der Waals surface area contributed by atoms with Crippen LogP contribution in [-0.4, -0.2) is 37.0 Å². The van der Waals surface area contributed by atoms with Gasteiger partial charge < -0.3 is 19.9 Å². The number of alkyl carbamates (subject to hydrolysis) is 1. The van der Waals surface area contributed by atoms with Crippen molar-refractivity contribution < 1.29 is 24.2 Å². The highest BCUT2D eigenvalue weighted by atomic mass is 16.6. The summed E-state index contributed by atoms with van der Waals surface area (Å²) in [6.45, 7) is 0.849. The Morgan fingerprint density at radius 3 is 2.03 bits per heavy atom. The van der Waals surface area contributed by atoms with Gasteiger partial charge in [0.05, 0.1) is 18.8 Å². The third kappa shape index (κ3) is 3.35. The Morgan fingerprint density at radius 2 is 1.52 bits per heavy atom. The number of aromatic carboxylic acids is 1. The van der Waals surface area contributed by atoms with E-state index in [4.69, 9.17) is 14.6 Å². The quantitative estimate of drug-likeness (QED) is 0.654. The first-order chi connectivity index (χ1) is 15.1. The summed E-state index contributed by atoms with van der Waals surface area (Å²) in [5, 5.41) is 12.0. The molecule has 0 spiro atoms. The monoisotopic (exact) mass is 415 g/mol. The van der Waals surface area contributed by atoms with Gasteiger partial charge in [0.1, 0.15) is 12.1 Å². The maximum absolute atomic E-state index is 12.7. The van der Waals surface area contributed by atoms with Crippen molar-refractivity contribution in [2.45, 2.75) is 11.5 Å². The standard InChI is InChI=1S/C25H21NO5/c27-23(28)16-9-11-17(12-10-16)25(14-30-15-25)26-24(29)31-13-22-20-7-3-1-5-18(20)19-6-2-4-8-21(19)22/h1-12,22H,13-15H2,(H,26,29)(H,27,28). The third-order valence-electron chi connectivity index (χ3n) is 6.07. The predicted molar refractivity (Wildman–Crippen MR) is 114 cm³/mol.